The van der Waals surface area contributed by atoms with E-state index in [1.165, 1.54) is 0 Å². The van der Waals surface area contributed by atoms with Gasteiger partial charge < -0.3 is 10.8 Å². The molecule has 0 radical (unpaired) electrons. The fourth-order valence-electron chi connectivity index (χ4n) is 4.67. The van der Waals surface area contributed by atoms with Crippen LogP contribution in [0.1, 0.15) is 38.4 Å². The van der Waals surface area contributed by atoms with E-state index in [1.807, 2.05) is 10.6 Å². The highest BCUT2D eigenvalue weighted by Crippen LogP contribution is 2.64. The third-order valence-electron chi connectivity index (χ3n) is 5.78. The van der Waals surface area contributed by atoms with Crippen LogP contribution in [0.5, 0.6) is 0 Å². The van der Waals surface area contributed by atoms with Crippen molar-refractivity contribution in [3.63, 3.8) is 0 Å². The number of nitrogen functional groups attached to an aromatic ring is 1. The fraction of sp³-hybridized carbons (Fsp3) is 0.533. The SMILES string of the molecule is CC1CC2(C(=O)O)CCC1(c1nc(Br)c3c(N)nccn13)C2. The first kappa shape index (κ1) is 14.0. The number of halogens is 1. The summed E-state index contributed by atoms with van der Waals surface area (Å²) in [5, 5.41) is 9.67. The molecule has 2 bridgehead atoms. The van der Waals surface area contributed by atoms with Crippen molar-refractivity contribution >= 4 is 33.2 Å². The smallest absolute Gasteiger partial charge is 0.309 e. The first-order valence-corrected chi connectivity index (χ1v) is 8.21. The average Bonchev–Trinajstić information content (AvgIpc) is 3.09. The van der Waals surface area contributed by atoms with Gasteiger partial charge in [0.25, 0.3) is 0 Å². The van der Waals surface area contributed by atoms with Crippen LogP contribution >= 0.6 is 15.9 Å². The van der Waals surface area contributed by atoms with Crippen LogP contribution in [0.4, 0.5) is 5.82 Å². The predicted molar refractivity (Wildman–Crippen MR) is 84.5 cm³/mol. The minimum Gasteiger partial charge on any atom is -0.481 e. The van der Waals surface area contributed by atoms with Crippen LogP contribution < -0.4 is 5.73 Å². The molecule has 0 amide bonds. The monoisotopic (exact) mass is 364 g/mol. The summed E-state index contributed by atoms with van der Waals surface area (Å²) in [4.78, 5) is 20.6. The molecule has 0 aromatic carbocycles. The van der Waals surface area contributed by atoms with Crippen LogP contribution in [0, 0.1) is 11.3 Å². The summed E-state index contributed by atoms with van der Waals surface area (Å²) in [6, 6.07) is 0. The summed E-state index contributed by atoms with van der Waals surface area (Å²) in [6.45, 7) is 2.14. The van der Waals surface area contributed by atoms with Gasteiger partial charge >= 0.3 is 5.97 Å². The molecule has 0 saturated heterocycles. The molecule has 2 aliphatic carbocycles. The number of nitrogens with zero attached hydrogens (tertiary/aromatic N) is 3. The lowest BCUT2D eigenvalue weighted by Gasteiger charge is -2.32. The maximum absolute atomic E-state index is 11.8. The second-order valence-corrected chi connectivity index (χ2v) is 7.53. The predicted octanol–water partition coefficient (Wildman–Crippen LogP) is 2.61. The van der Waals surface area contributed by atoms with Crippen molar-refractivity contribution in [3.8, 4) is 0 Å². The van der Waals surface area contributed by atoms with Gasteiger partial charge in [-0.2, -0.15) is 0 Å². The number of rotatable bonds is 2. The number of aromatic nitrogens is 3. The van der Waals surface area contributed by atoms with Crippen LogP contribution in [0.3, 0.4) is 0 Å². The molecule has 3 N–H and O–H groups in total. The van der Waals surface area contributed by atoms with Crippen molar-refractivity contribution in [2.45, 2.75) is 38.0 Å². The highest BCUT2D eigenvalue weighted by atomic mass is 79.9. The molecule has 7 heteroatoms. The highest BCUT2D eigenvalue weighted by molar-refractivity contribution is 9.10. The Morgan fingerprint density at radius 1 is 1.55 bits per heavy atom. The fourth-order valence-corrected chi connectivity index (χ4v) is 5.23. The molecule has 4 rings (SSSR count). The summed E-state index contributed by atoms with van der Waals surface area (Å²) in [6.07, 6.45) is 6.47. The van der Waals surface area contributed by atoms with Gasteiger partial charge in [0.05, 0.1) is 5.41 Å². The number of anilines is 1. The molecule has 0 aliphatic heterocycles. The Kier molecular flexibility index (Phi) is 2.68. The molecule has 116 valence electrons. The molecule has 2 aromatic heterocycles. The Morgan fingerprint density at radius 2 is 2.32 bits per heavy atom. The molecule has 2 aliphatic rings. The van der Waals surface area contributed by atoms with Gasteiger partial charge in [-0.25, -0.2) is 9.97 Å². The minimum absolute atomic E-state index is 0.193. The third-order valence-corrected chi connectivity index (χ3v) is 6.34. The van der Waals surface area contributed by atoms with Crippen LogP contribution in [-0.2, 0) is 10.2 Å². The second kappa shape index (κ2) is 4.22. The van der Waals surface area contributed by atoms with Gasteiger partial charge in [0.1, 0.15) is 15.9 Å². The minimum atomic E-state index is -0.667. The van der Waals surface area contributed by atoms with Crippen molar-refractivity contribution < 1.29 is 9.90 Å². The Labute approximate surface area is 135 Å². The molecule has 2 heterocycles. The van der Waals surface area contributed by atoms with E-state index in [0.717, 1.165) is 30.6 Å². The lowest BCUT2D eigenvalue weighted by molar-refractivity contribution is -0.148. The quantitative estimate of drug-likeness (QED) is 0.853. The molecule has 3 atom stereocenters. The van der Waals surface area contributed by atoms with Gasteiger partial charge in [-0.15, -0.1) is 0 Å². The van der Waals surface area contributed by atoms with Crippen molar-refractivity contribution in [1.82, 2.24) is 14.4 Å². The summed E-state index contributed by atoms with van der Waals surface area (Å²) < 4.78 is 2.65. The Morgan fingerprint density at radius 3 is 2.95 bits per heavy atom. The average molecular weight is 365 g/mol. The third kappa shape index (κ3) is 1.52. The van der Waals surface area contributed by atoms with Crippen LogP contribution in [0.25, 0.3) is 5.52 Å². The maximum atomic E-state index is 11.8. The van der Waals surface area contributed by atoms with Crippen LogP contribution in [0.2, 0.25) is 0 Å². The van der Waals surface area contributed by atoms with Crippen molar-refractivity contribution in [3.05, 3.63) is 22.8 Å². The van der Waals surface area contributed by atoms with E-state index in [1.54, 1.807) is 6.20 Å². The number of aliphatic carboxylic acids is 1. The van der Waals surface area contributed by atoms with Crippen molar-refractivity contribution in [1.29, 1.82) is 0 Å². The molecular weight excluding hydrogens is 348 g/mol. The highest BCUT2D eigenvalue weighted by Gasteiger charge is 2.64. The van der Waals surface area contributed by atoms with E-state index in [0.29, 0.717) is 16.8 Å². The number of hydrogen-bond donors (Lipinski definition) is 2. The van der Waals surface area contributed by atoms with Crippen molar-refractivity contribution in [2.24, 2.45) is 11.3 Å². The number of hydrogen-bond acceptors (Lipinski definition) is 4. The zero-order valence-electron chi connectivity index (χ0n) is 12.2. The van der Waals surface area contributed by atoms with Crippen LogP contribution in [-0.4, -0.2) is 25.4 Å². The lowest BCUT2D eigenvalue weighted by atomic mass is 9.74. The Bertz CT molecular complexity index is 804. The van der Waals surface area contributed by atoms with E-state index in [2.05, 4.69) is 27.8 Å². The molecule has 2 fully saturated rings. The second-order valence-electron chi connectivity index (χ2n) is 6.78. The molecular formula is C15H17BrN4O2. The molecule has 3 unspecified atom stereocenters. The number of carboxylic acid groups (broad SMARTS) is 1. The molecule has 0 spiro atoms. The molecule has 2 saturated carbocycles. The summed E-state index contributed by atoms with van der Waals surface area (Å²) in [7, 11) is 0. The first-order chi connectivity index (χ1) is 10.4. The standard InChI is InChI=1S/C15H17BrN4O2/c1-8-6-14(13(21)22)2-3-15(8,7-14)12-19-10(16)9-11(17)18-4-5-20(9)12/h4-5,8H,2-3,6-7H2,1H3,(H2,17,18)(H,21,22). The summed E-state index contributed by atoms with van der Waals surface area (Å²) in [5.41, 5.74) is 5.96. The van der Waals surface area contributed by atoms with E-state index >= 15 is 0 Å². The van der Waals surface area contributed by atoms with E-state index in [-0.39, 0.29) is 11.3 Å². The van der Waals surface area contributed by atoms with Gasteiger partial charge in [0, 0.05) is 17.8 Å². The zero-order chi connectivity index (χ0) is 15.7. The van der Waals surface area contributed by atoms with Gasteiger partial charge in [-0.3, -0.25) is 9.20 Å². The van der Waals surface area contributed by atoms with Gasteiger partial charge in [0.2, 0.25) is 0 Å². The van der Waals surface area contributed by atoms with E-state index in [9.17, 15) is 9.90 Å². The Hall–Kier alpha value is -1.63. The summed E-state index contributed by atoms with van der Waals surface area (Å²) in [5.74, 6) is 0.957. The maximum Gasteiger partial charge on any atom is 0.309 e. The number of imidazole rings is 1. The van der Waals surface area contributed by atoms with Crippen molar-refractivity contribution in [2.75, 3.05) is 5.73 Å². The summed E-state index contributed by atoms with van der Waals surface area (Å²) >= 11 is 3.48. The number of fused-ring (bicyclic) bond motifs is 3. The van der Waals surface area contributed by atoms with Gasteiger partial charge in [-0.05, 0) is 47.5 Å². The zero-order valence-corrected chi connectivity index (χ0v) is 13.8. The number of carbonyl (C=O) groups is 1. The number of carboxylic acids is 1. The largest absolute Gasteiger partial charge is 0.481 e. The van der Waals surface area contributed by atoms with Gasteiger partial charge in [0.15, 0.2) is 5.82 Å². The van der Waals surface area contributed by atoms with Crippen LogP contribution in [0.15, 0.2) is 17.0 Å². The lowest BCUT2D eigenvalue weighted by Crippen LogP contribution is -2.31. The van der Waals surface area contributed by atoms with Gasteiger partial charge in [-0.1, -0.05) is 6.92 Å². The number of nitrogens with two attached hydrogens (primary N) is 1. The first-order valence-electron chi connectivity index (χ1n) is 7.42. The Balaban J connectivity index is 1.94. The molecule has 2 aromatic rings. The van der Waals surface area contributed by atoms with E-state index < -0.39 is 11.4 Å². The molecule has 6 nitrogen and oxygen atoms in total. The molecule has 22 heavy (non-hydrogen) atoms. The van der Waals surface area contributed by atoms with E-state index in [4.69, 9.17) is 10.7 Å². The topological polar surface area (TPSA) is 93.5 Å². The normalized spacial score (nSPS) is 33.6.